The third kappa shape index (κ3) is 3.14. The number of carbonyl (C=O) groups is 1. The van der Waals surface area contributed by atoms with Crippen molar-refractivity contribution in [3.63, 3.8) is 0 Å². The van der Waals surface area contributed by atoms with E-state index in [2.05, 4.69) is 4.98 Å². The van der Waals surface area contributed by atoms with E-state index in [-0.39, 0.29) is 18.1 Å². The molecule has 2 heterocycles. The largest absolute Gasteiger partial charge is 0.381 e. The van der Waals surface area contributed by atoms with Crippen molar-refractivity contribution in [1.29, 1.82) is 0 Å². The van der Waals surface area contributed by atoms with E-state index in [4.69, 9.17) is 9.47 Å². The molecule has 1 aromatic heterocycles. The Morgan fingerprint density at radius 2 is 2.08 bits per heavy atom. The molecule has 2 aliphatic carbocycles. The van der Waals surface area contributed by atoms with Gasteiger partial charge in [0.2, 0.25) is 0 Å². The summed E-state index contributed by atoms with van der Waals surface area (Å²) in [6, 6.07) is 8.11. The van der Waals surface area contributed by atoms with Gasteiger partial charge >= 0.3 is 0 Å². The topological polar surface area (TPSA) is 54.6 Å². The van der Waals surface area contributed by atoms with Gasteiger partial charge < -0.3 is 19.4 Å². The zero-order chi connectivity index (χ0) is 17.5. The Kier molecular flexibility index (Phi) is 4.21. The molecule has 26 heavy (non-hydrogen) atoms. The third-order valence-corrected chi connectivity index (χ3v) is 6.10. The van der Waals surface area contributed by atoms with E-state index in [0.717, 1.165) is 48.4 Å². The zero-order valence-electron chi connectivity index (χ0n) is 15.0. The highest BCUT2D eigenvalue weighted by Gasteiger charge is 2.43. The van der Waals surface area contributed by atoms with Gasteiger partial charge in [0.25, 0.3) is 5.91 Å². The predicted molar refractivity (Wildman–Crippen MR) is 99.1 cm³/mol. The second kappa shape index (κ2) is 6.71. The van der Waals surface area contributed by atoms with Crippen molar-refractivity contribution < 1.29 is 14.3 Å². The average Bonchev–Trinajstić information content (AvgIpc) is 3.19. The maximum atomic E-state index is 13.2. The molecule has 0 bridgehead atoms. The van der Waals surface area contributed by atoms with E-state index in [9.17, 15) is 4.79 Å². The fourth-order valence-electron chi connectivity index (χ4n) is 4.48. The average molecular weight is 354 g/mol. The number of ether oxygens (including phenoxy) is 2. The van der Waals surface area contributed by atoms with E-state index in [0.29, 0.717) is 19.1 Å². The maximum absolute atomic E-state index is 13.2. The number of aromatic nitrogens is 1. The number of H-pyrrole nitrogens is 1. The summed E-state index contributed by atoms with van der Waals surface area (Å²) in [6.45, 7) is 3.03. The lowest BCUT2D eigenvalue weighted by Crippen LogP contribution is -2.51. The van der Waals surface area contributed by atoms with Crippen LogP contribution in [0.2, 0.25) is 0 Å². The molecule has 1 aromatic carbocycles. The predicted octanol–water partition coefficient (Wildman–Crippen LogP) is 3.21. The van der Waals surface area contributed by atoms with Gasteiger partial charge in [0, 0.05) is 42.4 Å². The normalized spacial score (nSPS) is 28.5. The molecule has 1 N–H and O–H groups in total. The molecular formula is C21H26N2O3. The van der Waals surface area contributed by atoms with Gasteiger partial charge in [-0.05, 0) is 61.8 Å². The van der Waals surface area contributed by atoms with Crippen molar-refractivity contribution in [3.05, 3.63) is 36.0 Å². The van der Waals surface area contributed by atoms with Crippen LogP contribution >= 0.6 is 0 Å². The van der Waals surface area contributed by atoms with Crippen molar-refractivity contribution >= 4 is 16.8 Å². The van der Waals surface area contributed by atoms with Gasteiger partial charge in [0.05, 0.1) is 18.8 Å². The van der Waals surface area contributed by atoms with Crippen LogP contribution < -0.4 is 0 Å². The highest BCUT2D eigenvalue weighted by atomic mass is 16.5. The molecule has 2 saturated carbocycles. The third-order valence-electron chi connectivity index (χ3n) is 6.10. The van der Waals surface area contributed by atoms with Crippen molar-refractivity contribution in [2.45, 2.75) is 37.8 Å². The molecule has 1 saturated heterocycles. The van der Waals surface area contributed by atoms with Gasteiger partial charge in [0.15, 0.2) is 0 Å². The minimum Gasteiger partial charge on any atom is -0.381 e. The molecule has 0 spiro atoms. The summed E-state index contributed by atoms with van der Waals surface area (Å²) in [5, 5.41) is 1.08. The number of morpholine rings is 1. The first-order valence-electron chi connectivity index (χ1n) is 9.85. The number of amides is 1. The monoisotopic (exact) mass is 354 g/mol. The lowest BCUT2D eigenvalue weighted by Gasteiger charge is -2.37. The van der Waals surface area contributed by atoms with Gasteiger partial charge in [-0.15, -0.1) is 0 Å². The lowest BCUT2D eigenvalue weighted by atomic mass is 10.1. The number of carbonyl (C=O) groups excluding carboxylic acids is 1. The molecule has 3 atom stereocenters. The second-order valence-electron chi connectivity index (χ2n) is 8.07. The van der Waals surface area contributed by atoms with Crippen molar-refractivity contribution in [2.24, 2.45) is 11.8 Å². The smallest absolute Gasteiger partial charge is 0.254 e. The van der Waals surface area contributed by atoms with E-state index in [1.54, 1.807) is 0 Å². The van der Waals surface area contributed by atoms with E-state index >= 15 is 0 Å². The number of nitrogens with zero attached hydrogens (tertiary/aromatic N) is 1. The Bertz CT molecular complexity index is 797. The second-order valence-corrected chi connectivity index (χ2v) is 8.07. The number of hydrogen-bond donors (Lipinski definition) is 1. The molecule has 5 rings (SSSR count). The lowest BCUT2D eigenvalue weighted by molar-refractivity contribution is -0.0450. The number of benzene rings is 1. The van der Waals surface area contributed by atoms with E-state index < -0.39 is 0 Å². The highest BCUT2D eigenvalue weighted by Crippen LogP contribution is 2.36. The van der Waals surface area contributed by atoms with Crippen LogP contribution in [0.5, 0.6) is 0 Å². The highest BCUT2D eigenvalue weighted by molar-refractivity contribution is 5.98. The summed E-state index contributed by atoms with van der Waals surface area (Å²) in [6.07, 6.45) is 6.73. The van der Waals surface area contributed by atoms with E-state index in [1.165, 1.54) is 12.8 Å². The van der Waals surface area contributed by atoms with Crippen LogP contribution in [0, 0.1) is 11.8 Å². The van der Waals surface area contributed by atoms with Crippen LogP contribution in [0.1, 0.15) is 36.0 Å². The molecule has 5 heteroatoms. The number of hydrogen-bond acceptors (Lipinski definition) is 3. The van der Waals surface area contributed by atoms with Crippen LogP contribution in [0.15, 0.2) is 30.5 Å². The molecule has 3 fully saturated rings. The molecule has 3 aliphatic rings. The Morgan fingerprint density at radius 1 is 1.19 bits per heavy atom. The van der Waals surface area contributed by atoms with Gasteiger partial charge in [-0.25, -0.2) is 0 Å². The molecule has 0 radical (unpaired) electrons. The van der Waals surface area contributed by atoms with Gasteiger partial charge in [0.1, 0.15) is 0 Å². The minimum atomic E-state index is 0.131. The number of aromatic amines is 1. The maximum Gasteiger partial charge on any atom is 0.254 e. The van der Waals surface area contributed by atoms with Crippen molar-refractivity contribution in [2.75, 3.05) is 26.4 Å². The molecule has 2 aromatic rings. The molecular weight excluding hydrogens is 328 g/mol. The van der Waals surface area contributed by atoms with Gasteiger partial charge in [-0.1, -0.05) is 0 Å². The Hall–Kier alpha value is -1.85. The fourth-order valence-corrected chi connectivity index (χ4v) is 4.48. The number of rotatable bonds is 5. The first-order chi connectivity index (χ1) is 12.8. The number of fused-ring (bicyclic) bond motifs is 2. The van der Waals surface area contributed by atoms with Crippen LogP contribution in [0.3, 0.4) is 0 Å². The van der Waals surface area contributed by atoms with Crippen molar-refractivity contribution in [3.8, 4) is 0 Å². The van der Waals surface area contributed by atoms with Gasteiger partial charge in [-0.2, -0.15) is 0 Å². The van der Waals surface area contributed by atoms with Crippen LogP contribution in [-0.4, -0.2) is 54.3 Å². The number of nitrogens with one attached hydrogen (secondary N) is 1. The Balaban J connectivity index is 1.27. The van der Waals surface area contributed by atoms with Crippen LogP contribution in [0.25, 0.3) is 10.9 Å². The molecule has 0 unspecified atom stereocenters. The summed E-state index contributed by atoms with van der Waals surface area (Å²) >= 11 is 0. The van der Waals surface area contributed by atoms with Crippen molar-refractivity contribution in [1.82, 2.24) is 9.88 Å². The first-order valence-corrected chi connectivity index (χ1v) is 9.85. The summed E-state index contributed by atoms with van der Waals surface area (Å²) in [7, 11) is 0. The zero-order valence-corrected chi connectivity index (χ0v) is 15.0. The molecule has 1 amide bonds. The summed E-state index contributed by atoms with van der Waals surface area (Å²) in [4.78, 5) is 18.4. The summed E-state index contributed by atoms with van der Waals surface area (Å²) in [5.74, 6) is 1.44. The Morgan fingerprint density at radius 3 is 2.96 bits per heavy atom. The minimum absolute atomic E-state index is 0.131. The standard InChI is InChI=1S/C21H26N2O3/c24-21(17-3-4-18-16(11-17)5-6-22-18)23-7-8-26-20-10-15(9-19(20)23)13-25-12-14-1-2-14/h3-6,11,14-15,19-20,22H,1-2,7-10,12-13H2/t15-,19+,20+/m0/s1. The molecule has 5 nitrogen and oxygen atoms in total. The Labute approximate surface area is 153 Å². The molecule has 138 valence electrons. The first kappa shape index (κ1) is 16.3. The summed E-state index contributed by atoms with van der Waals surface area (Å²) < 4.78 is 11.9. The molecule has 1 aliphatic heterocycles. The van der Waals surface area contributed by atoms with Crippen LogP contribution in [0.4, 0.5) is 0 Å². The van der Waals surface area contributed by atoms with Gasteiger partial charge in [-0.3, -0.25) is 4.79 Å². The quantitative estimate of drug-likeness (QED) is 0.897. The van der Waals surface area contributed by atoms with Crippen LogP contribution in [-0.2, 0) is 9.47 Å². The van der Waals surface area contributed by atoms with E-state index in [1.807, 2.05) is 35.4 Å². The summed E-state index contributed by atoms with van der Waals surface area (Å²) in [5.41, 5.74) is 1.83. The fraction of sp³-hybridized carbons (Fsp3) is 0.571. The SMILES string of the molecule is O=C(c1ccc2[nH]ccc2c1)N1CCO[C@@H]2C[C@@H](COCC3CC3)C[C@H]21.